The summed E-state index contributed by atoms with van der Waals surface area (Å²) in [5, 5.41) is 12.5. The average molecular weight is 486 g/mol. The fourth-order valence-corrected chi connectivity index (χ4v) is 4.20. The maximum atomic E-state index is 12.9. The van der Waals surface area contributed by atoms with Gasteiger partial charge in [-0.15, -0.1) is 0 Å². The van der Waals surface area contributed by atoms with Gasteiger partial charge in [0.05, 0.1) is 11.2 Å². The fourth-order valence-electron chi connectivity index (χ4n) is 3.31. The van der Waals surface area contributed by atoms with Crippen molar-refractivity contribution in [2.24, 2.45) is 0 Å². The minimum absolute atomic E-state index is 0.00151. The molecule has 2 amide bonds. The number of phenols is 1. The number of thiazole rings is 1. The van der Waals surface area contributed by atoms with E-state index < -0.39 is 11.7 Å². The number of carbonyl (C=O) groups is 3. The summed E-state index contributed by atoms with van der Waals surface area (Å²) in [7, 11) is 0. The van der Waals surface area contributed by atoms with Gasteiger partial charge in [0.25, 0.3) is 5.91 Å². The van der Waals surface area contributed by atoms with Gasteiger partial charge in [0.2, 0.25) is 0 Å². The van der Waals surface area contributed by atoms with E-state index in [1.165, 1.54) is 6.07 Å². The van der Waals surface area contributed by atoms with Crippen LogP contribution in [-0.2, 0) is 22.5 Å². The van der Waals surface area contributed by atoms with Gasteiger partial charge in [-0.05, 0) is 56.5 Å². The maximum absolute atomic E-state index is 12.9. The Morgan fingerprint density at radius 2 is 1.88 bits per heavy atom. The number of ether oxygens (including phenoxy) is 1. The number of hydrogen-bond donors (Lipinski definition) is 3. The Morgan fingerprint density at radius 1 is 1.18 bits per heavy atom. The Kier molecular flexibility index (Phi) is 7.72. The van der Waals surface area contributed by atoms with Crippen molar-refractivity contribution in [3.8, 4) is 5.75 Å². The minimum Gasteiger partial charge on any atom is -0.506 e. The van der Waals surface area contributed by atoms with Gasteiger partial charge in [0.15, 0.2) is 0 Å². The Labute approximate surface area is 200 Å². The minimum atomic E-state index is -0.679. The number of fused-ring (bicyclic) bond motifs is 1. The van der Waals surface area contributed by atoms with E-state index in [2.05, 4.69) is 10.3 Å². The highest BCUT2D eigenvalue weighted by molar-refractivity contribution is 7.16. The number of amides is 2. The van der Waals surface area contributed by atoms with Gasteiger partial charge in [0, 0.05) is 18.7 Å². The average Bonchev–Trinajstić information content (AvgIpc) is 3.17. The van der Waals surface area contributed by atoms with E-state index in [1.54, 1.807) is 56.0 Å². The van der Waals surface area contributed by atoms with Gasteiger partial charge in [0.1, 0.15) is 23.2 Å². The van der Waals surface area contributed by atoms with Crippen LogP contribution in [0.5, 0.6) is 5.75 Å². The molecule has 180 valence electrons. The molecule has 3 aromatic rings. The van der Waals surface area contributed by atoms with Crippen LogP contribution < -0.4 is 10.2 Å². The lowest BCUT2D eigenvalue weighted by Gasteiger charge is -2.27. The van der Waals surface area contributed by atoms with Crippen molar-refractivity contribution in [1.82, 2.24) is 15.2 Å². The Hall–Kier alpha value is -3.66. The molecule has 0 atom stereocenters. The second-order valence-corrected chi connectivity index (χ2v) is 9.67. The topological polar surface area (TPSA) is 129 Å². The van der Waals surface area contributed by atoms with Gasteiger partial charge in [-0.2, -0.15) is 0 Å². The lowest BCUT2D eigenvalue weighted by Crippen LogP contribution is -2.37. The second kappa shape index (κ2) is 10.5. The first-order valence-corrected chi connectivity index (χ1v) is 11.5. The zero-order valence-electron chi connectivity index (χ0n) is 19.2. The fraction of sp³-hybridized carbons (Fsp3) is 0.333. The Morgan fingerprint density at radius 3 is 2.53 bits per heavy atom. The zero-order chi connectivity index (χ0) is 24.9. The molecule has 0 saturated carbocycles. The summed E-state index contributed by atoms with van der Waals surface area (Å²) in [6.07, 6.45) is 0.562. The van der Waals surface area contributed by atoms with Crippen LogP contribution in [0, 0.1) is 0 Å². The molecule has 1 aromatic heterocycles. The molecular weight excluding hydrogens is 458 g/mol. The summed E-state index contributed by atoms with van der Waals surface area (Å²) in [5.74, 6) is -0.358. The van der Waals surface area contributed by atoms with Crippen molar-refractivity contribution in [3.63, 3.8) is 0 Å². The summed E-state index contributed by atoms with van der Waals surface area (Å²) in [6.45, 7) is 5.86. The first-order valence-electron chi connectivity index (χ1n) is 10.7. The van der Waals surface area contributed by atoms with Crippen molar-refractivity contribution in [2.45, 2.75) is 39.3 Å². The van der Waals surface area contributed by atoms with E-state index in [-0.39, 0.29) is 29.6 Å². The highest BCUT2D eigenvalue weighted by Crippen LogP contribution is 2.28. The quantitative estimate of drug-likeness (QED) is 0.420. The maximum Gasteiger partial charge on any atom is 0.410 e. The zero-order valence-corrected chi connectivity index (χ0v) is 20.0. The number of benzene rings is 2. The Balaban J connectivity index is 1.79. The molecule has 10 heteroatoms. The monoisotopic (exact) mass is 485 g/mol. The smallest absolute Gasteiger partial charge is 0.410 e. The number of aldehydes is 1. The van der Waals surface area contributed by atoms with Gasteiger partial charge in [-0.25, -0.2) is 4.79 Å². The Bertz CT molecular complexity index is 1240. The molecule has 0 unspecified atom stereocenters. The first-order chi connectivity index (χ1) is 16.1. The predicted molar refractivity (Wildman–Crippen MR) is 129 cm³/mol. The molecular formula is C24H27N3O6S. The highest BCUT2D eigenvalue weighted by Gasteiger charge is 2.23. The number of nitrogens with zero attached hydrogens (tertiary/aromatic N) is 1. The number of carbonyl (C=O) groups excluding carboxylic acids is 3. The van der Waals surface area contributed by atoms with E-state index in [9.17, 15) is 24.3 Å². The van der Waals surface area contributed by atoms with Crippen LogP contribution in [0.3, 0.4) is 0 Å². The van der Waals surface area contributed by atoms with Crippen molar-refractivity contribution in [1.29, 1.82) is 0 Å². The van der Waals surface area contributed by atoms with Crippen LogP contribution in [0.2, 0.25) is 0 Å². The highest BCUT2D eigenvalue weighted by atomic mass is 32.1. The summed E-state index contributed by atoms with van der Waals surface area (Å²) in [5.41, 5.74) is 1.73. The third kappa shape index (κ3) is 6.44. The third-order valence-corrected chi connectivity index (χ3v) is 5.84. The van der Waals surface area contributed by atoms with Crippen LogP contribution in [0.15, 0.2) is 41.2 Å². The SMILES string of the molecule is CC(C)(C)OC(=O)N(CCc1ccc(O)c2[nH]c(=O)sc12)Cc1ccc(C(=O)NCC=O)cc1. The number of aromatic hydroxyl groups is 1. The van der Waals surface area contributed by atoms with Crippen molar-refractivity contribution < 1.29 is 24.2 Å². The molecule has 0 fully saturated rings. The molecule has 3 N–H and O–H groups in total. The van der Waals surface area contributed by atoms with Crippen LogP contribution in [-0.4, -0.2) is 52.0 Å². The molecule has 0 aliphatic heterocycles. The van der Waals surface area contributed by atoms with Gasteiger partial charge >= 0.3 is 11.0 Å². The molecule has 2 aromatic carbocycles. The number of aromatic amines is 1. The molecule has 0 aliphatic rings. The molecule has 0 bridgehead atoms. The van der Waals surface area contributed by atoms with Crippen molar-refractivity contribution >= 4 is 39.8 Å². The summed E-state index contributed by atoms with van der Waals surface area (Å²) in [4.78, 5) is 51.1. The largest absolute Gasteiger partial charge is 0.506 e. The number of rotatable bonds is 8. The van der Waals surface area contributed by atoms with Gasteiger partial charge in [-0.3, -0.25) is 9.59 Å². The second-order valence-electron chi connectivity index (χ2n) is 8.69. The summed E-state index contributed by atoms with van der Waals surface area (Å²) >= 11 is 1.01. The lowest BCUT2D eigenvalue weighted by molar-refractivity contribution is -0.107. The van der Waals surface area contributed by atoms with Gasteiger partial charge < -0.3 is 29.8 Å². The number of aromatic nitrogens is 1. The molecule has 9 nitrogen and oxygen atoms in total. The molecule has 0 radical (unpaired) electrons. The number of phenolic OH excluding ortho intramolecular Hbond substituents is 1. The molecule has 0 aliphatic carbocycles. The van der Waals surface area contributed by atoms with Crippen LogP contribution >= 0.6 is 11.3 Å². The van der Waals surface area contributed by atoms with Crippen molar-refractivity contribution in [3.05, 3.63) is 62.8 Å². The molecule has 34 heavy (non-hydrogen) atoms. The van der Waals surface area contributed by atoms with E-state index in [1.807, 2.05) is 0 Å². The van der Waals surface area contributed by atoms with Crippen LogP contribution in [0.4, 0.5) is 4.79 Å². The summed E-state index contributed by atoms with van der Waals surface area (Å²) in [6, 6.07) is 9.99. The molecule has 1 heterocycles. The number of H-pyrrole nitrogens is 1. The molecule has 3 rings (SSSR count). The van der Waals surface area contributed by atoms with E-state index in [0.29, 0.717) is 35.0 Å². The standard InChI is InChI=1S/C24H27N3O6S/c1-24(2,3)33-23(32)27(14-15-4-6-17(7-5-15)21(30)25-11-13-28)12-10-16-8-9-18(29)19-20(16)34-22(31)26-19/h4-9,13,29H,10-12,14H2,1-3H3,(H,25,30)(H,26,31). The first kappa shape index (κ1) is 25.0. The predicted octanol–water partition coefficient (Wildman–Crippen LogP) is 3.20. The van der Waals surface area contributed by atoms with Crippen molar-refractivity contribution in [2.75, 3.05) is 13.1 Å². The van der Waals surface area contributed by atoms with Crippen LogP contribution in [0.25, 0.3) is 10.2 Å². The third-order valence-electron chi connectivity index (χ3n) is 4.88. The van der Waals surface area contributed by atoms with E-state index >= 15 is 0 Å². The molecule has 0 spiro atoms. The van der Waals surface area contributed by atoms with E-state index in [4.69, 9.17) is 4.74 Å². The van der Waals surface area contributed by atoms with Crippen LogP contribution in [0.1, 0.15) is 42.3 Å². The number of hydrogen-bond acceptors (Lipinski definition) is 7. The lowest BCUT2D eigenvalue weighted by atomic mass is 10.1. The van der Waals surface area contributed by atoms with Gasteiger partial charge in [-0.1, -0.05) is 29.5 Å². The summed E-state index contributed by atoms with van der Waals surface area (Å²) < 4.78 is 6.23. The number of nitrogens with one attached hydrogen (secondary N) is 2. The molecule has 0 saturated heterocycles. The van der Waals surface area contributed by atoms with E-state index in [0.717, 1.165) is 22.5 Å². The normalized spacial score (nSPS) is 11.3.